The number of anilines is 2. The SMILES string of the molecule is Nc1nc(C(=O)N[C@@H](CO)C(=O)OCc2ccccc2)c(N)nc1C(=O)N[C@@H](CO)C(=O)N[C@@H](CO)C(=O)OCc1ccccc1. The summed E-state index contributed by atoms with van der Waals surface area (Å²) in [5.41, 5.74) is 11.8. The molecule has 1 heterocycles. The number of benzene rings is 2. The van der Waals surface area contributed by atoms with Crippen molar-refractivity contribution < 1.29 is 48.8 Å². The van der Waals surface area contributed by atoms with Crippen molar-refractivity contribution in [2.45, 2.75) is 31.3 Å². The molecule has 17 heteroatoms. The number of carbonyl (C=O) groups is 5. The van der Waals surface area contributed by atoms with Crippen LogP contribution in [-0.2, 0) is 37.1 Å². The van der Waals surface area contributed by atoms with Crippen molar-refractivity contribution in [3.63, 3.8) is 0 Å². The van der Waals surface area contributed by atoms with Crippen LogP contribution in [0.2, 0.25) is 0 Å². The quantitative estimate of drug-likeness (QED) is 0.0819. The lowest BCUT2D eigenvalue weighted by molar-refractivity contribution is -0.150. The maximum absolute atomic E-state index is 12.8. The van der Waals surface area contributed by atoms with E-state index in [4.69, 9.17) is 20.9 Å². The lowest BCUT2D eigenvalue weighted by atomic mass is 10.2. The fourth-order valence-corrected chi connectivity index (χ4v) is 3.73. The van der Waals surface area contributed by atoms with Gasteiger partial charge in [-0.3, -0.25) is 14.4 Å². The van der Waals surface area contributed by atoms with Crippen LogP contribution in [0.5, 0.6) is 0 Å². The minimum absolute atomic E-state index is 0.114. The molecule has 244 valence electrons. The molecule has 46 heavy (non-hydrogen) atoms. The van der Waals surface area contributed by atoms with Crippen molar-refractivity contribution in [3.8, 4) is 0 Å². The van der Waals surface area contributed by atoms with Gasteiger partial charge in [0.25, 0.3) is 11.8 Å². The molecular formula is C29H33N7O10. The number of aliphatic hydroxyl groups excluding tert-OH is 3. The maximum atomic E-state index is 12.8. The van der Waals surface area contributed by atoms with E-state index in [1.165, 1.54) is 0 Å². The summed E-state index contributed by atoms with van der Waals surface area (Å²) in [7, 11) is 0. The summed E-state index contributed by atoms with van der Waals surface area (Å²) >= 11 is 0. The van der Waals surface area contributed by atoms with Crippen molar-refractivity contribution in [1.29, 1.82) is 0 Å². The van der Waals surface area contributed by atoms with Crippen LogP contribution in [0, 0.1) is 0 Å². The lowest BCUT2D eigenvalue weighted by Gasteiger charge is -2.20. The van der Waals surface area contributed by atoms with E-state index in [9.17, 15) is 39.3 Å². The van der Waals surface area contributed by atoms with Gasteiger partial charge in [-0.05, 0) is 11.1 Å². The smallest absolute Gasteiger partial charge is 0.331 e. The summed E-state index contributed by atoms with van der Waals surface area (Å²) in [6.45, 7) is -2.85. The van der Waals surface area contributed by atoms with Gasteiger partial charge in [-0.25, -0.2) is 19.6 Å². The molecule has 3 atom stereocenters. The number of carbonyl (C=O) groups excluding carboxylic acids is 5. The standard InChI is InChI=1S/C29H33N7O10/c30-23-21(26(41)32-18(11-37)25(40)33-19(12-38)28(43)45-14-16-7-3-1-4-8-16)35-24(31)22(36-23)27(42)34-20(13-39)29(44)46-15-17-9-5-2-6-10-17/h1-10,18-20,37-39H,11-15H2,(H2,30,36)(H2,31,35)(H,32,41)(H,33,40)(H,34,42)/t18-,19-,20-/m0/s1. The Labute approximate surface area is 261 Å². The van der Waals surface area contributed by atoms with Gasteiger partial charge in [-0.1, -0.05) is 60.7 Å². The molecule has 0 aliphatic carbocycles. The molecule has 1 aromatic heterocycles. The molecule has 2 aromatic carbocycles. The Morgan fingerprint density at radius 1 is 0.609 bits per heavy atom. The largest absolute Gasteiger partial charge is 0.459 e. The zero-order valence-electron chi connectivity index (χ0n) is 24.3. The van der Waals surface area contributed by atoms with Crippen LogP contribution in [-0.4, -0.2) is 92.9 Å². The molecule has 0 aliphatic heterocycles. The molecule has 3 aromatic rings. The molecule has 17 nitrogen and oxygen atoms in total. The van der Waals surface area contributed by atoms with Crippen molar-refractivity contribution in [3.05, 3.63) is 83.2 Å². The number of aliphatic hydroxyl groups is 3. The molecule has 0 saturated heterocycles. The van der Waals surface area contributed by atoms with E-state index in [1.807, 2.05) is 0 Å². The molecule has 0 unspecified atom stereocenters. The highest BCUT2D eigenvalue weighted by molar-refractivity contribution is 6.03. The molecule has 0 aliphatic rings. The third-order valence-electron chi connectivity index (χ3n) is 6.19. The number of ether oxygens (including phenoxy) is 2. The number of amides is 3. The highest BCUT2D eigenvalue weighted by Crippen LogP contribution is 2.14. The Morgan fingerprint density at radius 2 is 0.978 bits per heavy atom. The second-order valence-electron chi connectivity index (χ2n) is 9.54. The number of aromatic nitrogens is 2. The fraction of sp³-hybridized carbons (Fsp3) is 0.276. The minimum atomic E-state index is -1.65. The van der Waals surface area contributed by atoms with E-state index in [2.05, 4.69) is 25.9 Å². The Bertz CT molecular complexity index is 1530. The van der Waals surface area contributed by atoms with E-state index in [-0.39, 0.29) is 13.2 Å². The van der Waals surface area contributed by atoms with Gasteiger partial charge < -0.3 is 52.2 Å². The first-order valence-electron chi connectivity index (χ1n) is 13.7. The van der Waals surface area contributed by atoms with Gasteiger partial charge in [0.15, 0.2) is 35.1 Å². The zero-order valence-corrected chi connectivity index (χ0v) is 24.3. The van der Waals surface area contributed by atoms with Gasteiger partial charge >= 0.3 is 11.9 Å². The Kier molecular flexibility index (Phi) is 12.9. The van der Waals surface area contributed by atoms with Crippen molar-refractivity contribution >= 4 is 41.3 Å². The molecule has 0 bridgehead atoms. The first-order valence-corrected chi connectivity index (χ1v) is 13.7. The molecule has 0 saturated carbocycles. The van der Waals surface area contributed by atoms with Gasteiger partial charge in [0.2, 0.25) is 5.91 Å². The third kappa shape index (κ3) is 9.68. The van der Waals surface area contributed by atoms with Gasteiger partial charge in [-0.2, -0.15) is 0 Å². The fourth-order valence-electron chi connectivity index (χ4n) is 3.73. The molecule has 0 radical (unpaired) electrons. The van der Waals surface area contributed by atoms with E-state index in [0.29, 0.717) is 11.1 Å². The monoisotopic (exact) mass is 639 g/mol. The van der Waals surface area contributed by atoms with Gasteiger partial charge in [0.1, 0.15) is 19.3 Å². The molecular weight excluding hydrogens is 606 g/mol. The average Bonchev–Trinajstić information content (AvgIpc) is 3.07. The average molecular weight is 640 g/mol. The topological polar surface area (TPSA) is 278 Å². The summed E-state index contributed by atoms with van der Waals surface area (Å²) < 4.78 is 10.2. The first-order chi connectivity index (χ1) is 22.1. The van der Waals surface area contributed by atoms with E-state index in [0.717, 1.165) is 0 Å². The molecule has 0 fully saturated rings. The molecule has 3 rings (SSSR count). The summed E-state index contributed by atoms with van der Waals surface area (Å²) in [6.07, 6.45) is 0. The Morgan fingerprint density at radius 3 is 1.37 bits per heavy atom. The second kappa shape index (κ2) is 17.0. The highest BCUT2D eigenvalue weighted by Gasteiger charge is 2.30. The van der Waals surface area contributed by atoms with Crippen LogP contribution in [0.25, 0.3) is 0 Å². The lowest BCUT2D eigenvalue weighted by Crippen LogP contribution is -2.54. The third-order valence-corrected chi connectivity index (χ3v) is 6.19. The summed E-state index contributed by atoms with van der Waals surface area (Å²) in [6, 6.07) is 12.6. The van der Waals surface area contributed by atoms with Crippen LogP contribution < -0.4 is 27.4 Å². The second-order valence-corrected chi connectivity index (χ2v) is 9.54. The van der Waals surface area contributed by atoms with Crippen LogP contribution in [0.3, 0.4) is 0 Å². The minimum Gasteiger partial charge on any atom is -0.459 e. The highest BCUT2D eigenvalue weighted by atomic mass is 16.5. The zero-order chi connectivity index (χ0) is 33.6. The van der Waals surface area contributed by atoms with E-state index in [1.54, 1.807) is 60.7 Å². The van der Waals surface area contributed by atoms with Gasteiger partial charge in [0.05, 0.1) is 19.8 Å². The maximum Gasteiger partial charge on any atom is 0.331 e. The number of nitrogens with zero attached hydrogens (tertiary/aromatic N) is 2. The Hall–Kier alpha value is -5.65. The predicted octanol–water partition coefficient (Wildman–Crippen LogP) is -2.21. The van der Waals surface area contributed by atoms with E-state index >= 15 is 0 Å². The number of hydrogen-bond donors (Lipinski definition) is 8. The van der Waals surface area contributed by atoms with Crippen LogP contribution >= 0.6 is 0 Å². The van der Waals surface area contributed by atoms with Crippen LogP contribution in [0.4, 0.5) is 11.6 Å². The summed E-state index contributed by atoms with van der Waals surface area (Å²) in [4.78, 5) is 70.6. The summed E-state index contributed by atoms with van der Waals surface area (Å²) in [5.74, 6) is -6.39. The van der Waals surface area contributed by atoms with Crippen LogP contribution in [0.15, 0.2) is 60.7 Å². The van der Waals surface area contributed by atoms with Gasteiger partial charge in [-0.15, -0.1) is 0 Å². The Balaban J connectivity index is 1.61. The number of nitrogen functional groups attached to an aromatic ring is 2. The molecule has 10 N–H and O–H groups in total. The van der Waals surface area contributed by atoms with Crippen molar-refractivity contribution in [2.75, 3.05) is 31.3 Å². The van der Waals surface area contributed by atoms with Gasteiger partial charge in [0, 0.05) is 0 Å². The predicted molar refractivity (Wildman–Crippen MR) is 159 cm³/mol. The number of nitrogens with two attached hydrogens (primary N) is 2. The number of esters is 2. The first kappa shape index (κ1) is 34.8. The molecule has 3 amide bonds. The number of rotatable bonds is 15. The van der Waals surface area contributed by atoms with Crippen molar-refractivity contribution in [1.82, 2.24) is 25.9 Å². The molecule has 0 spiro atoms. The number of hydrogen-bond acceptors (Lipinski definition) is 14. The van der Waals surface area contributed by atoms with E-state index < -0.39 is 90.6 Å². The summed E-state index contributed by atoms with van der Waals surface area (Å²) in [5, 5.41) is 35.4. The normalized spacial score (nSPS) is 12.6. The van der Waals surface area contributed by atoms with Crippen LogP contribution in [0.1, 0.15) is 32.1 Å². The van der Waals surface area contributed by atoms with Crippen molar-refractivity contribution in [2.24, 2.45) is 0 Å². The number of nitrogens with one attached hydrogen (secondary N) is 3.